The zero-order valence-corrected chi connectivity index (χ0v) is 16.5. The van der Waals surface area contributed by atoms with E-state index in [1.54, 1.807) is 43.3 Å². The number of fused-ring (bicyclic) bond motifs is 1. The van der Waals surface area contributed by atoms with E-state index in [2.05, 4.69) is 15.3 Å². The van der Waals surface area contributed by atoms with E-state index in [0.717, 1.165) is 6.07 Å². The fraction of sp³-hybridized carbons (Fsp3) is 0.0500. The number of hydrogen-bond donors (Lipinski definition) is 3. The van der Waals surface area contributed by atoms with Crippen molar-refractivity contribution in [2.24, 2.45) is 10.2 Å². The molecule has 0 radical (unpaired) electrons. The zero-order valence-electron chi connectivity index (χ0n) is 15.6. The van der Waals surface area contributed by atoms with Crippen molar-refractivity contribution in [1.29, 1.82) is 0 Å². The van der Waals surface area contributed by atoms with Crippen molar-refractivity contribution in [2.45, 2.75) is 11.8 Å². The third-order valence-corrected chi connectivity index (χ3v) is 5.43. The predicted molar refractivity (Wildman–Crippen MR) is 111 cm³/mol. The van der Waals surface area contributed by atoms with Gasteiger partial charge < -0.3 is 5.11 Å². The Labute approximate surface area is 170 Å². The first kappa shape index (κ1) is 19.6. The first-order chi connectivity index (χ1) is 14.3. The minimum absolute atomic E-state index is 0.0238. The van der Waals surface area contributed by atoms with Gasteiger partial charge in [-0.05, 0) is 19.1 Å². The molecule has 0 spiro atoms. The lowest BCUT2D eigenvalue weighted by Crippen LogP contribution is -2.13. The van der Waals surface area contributed by atoms with Gasteiger partial charge >= 0.3 is 0 Å². The van der Waals surface area contributed by atoms with Gasteiger partial charge in [0.2, 0.25) is 0 Å². The summed E-state index contributed by atoms with van der Waals surface area (Å²) in [6, 6.07) is 16.0. The zero-order chi connectivity index (χ0) is 21.5. The molecule has 0 aliphatic heterocycles. The van der Waals surface area contributed by atoms with Gasteiger partial charge in [-0.15, -0.1) is 10.2 Å². The number of nitrogens with zero attached hydrogens (tertiary/aromatic N) is 3. The molecule has 0 saturated heterocycles. The molecule has 0 bridgehead atoms. The molecule has 3 aromatic carbocycles. The van der Waals surface area contributed by atoms with E-state index in [-0.39, 0.29) is 22.1 Å². The highest BCUT2D eigenvalue weighted by Gasteiger charge is 2.20. The molecule has 4 aromatic rings. The fourth-order valence-corrected chi connectivity index (χ4v) is 3.86. The first-order valence-electron chi connectivity index (χ1n) is 8.78. The number of aromatic amines is 1. The van der Waals surface area contributed by atoms with Crippen molar-refractivity contribution in [3.8, 4) is 11.4 Å². The van der Waals surface area contributed by atoms with Gasteiger partial charge in [0.1, 0.15) is 16.3 Å². The molecule has 10 heteroatoms. The Bertz CT molecular complexity index is 1450. The van der Waals surface area contributed by atoms with Crippen LogP contribution in [0.2, 0.25) is 0 Å². The van der Waals surface area contributed by atoms with Gasteiger partial charge in [-0.1, -0.05) is 42.5 Å². The molecule has 0 amide bonds. The third kappa shape index (κ3) is 3.38. The van der Waals surface area contributed by atoms with E-state index in [1.165, 1.54) is 16.8 Å². The summed E-state index contributed by atoms with van der Waals surface area (Å²) in [6.07, 6.45) is 0. The molecule has 0 unspecified atom stereocenters. The first-order valence-corrected chi connectivity index (χ1v) is 10.2. The van der Waals surface area contributed by atoms with Crippen LogP contribution in [0.15, 0.2) is 80.6 Å². The van der Waals surface area contributed by atoms with E-state index >= 15 is 0 Å². The summed E-state index contributed by atoms with van der Waals surface area (Å²) < 4.78 is 34.1. The van der Waals surface area contributed by atoms with Gasteiger partial charge in [-0.3, -0.25) is 14.4 Å². The van der Waals surface area contributed by atoms with Crippen molar-refractivity contribution in [3.63, 3.8) is 0 Å². The number of H-pyrrole nitrogens is 1. The molecule has 0 atom stereocenters. The van der Waals surface area contributed by atoms with Crippen LogP contribution in [0.4, 0.5) is 11.4 Å². The number of phenols is 1. The lowest BCUT2D eigenvalue weighted by atomic mass is 10.1. The van der Waals surface area contributed by atoms with Crippen LogP contribution < -0.4 is 5.56 Å². The summed E-state index contributed by atoms with van der Waals surface area (Å²) >= 11 is 0. The molecular weight excluding hydrogens is 408 g/mol. The topological polar surface area (TPSA) is 137 Å². The molecule has 1 heterocycles. The number of hydrogen-bond acceptors (Lipinski definition) is 6. The van der Waals surface area contributed by atoms with Gasteiger partial charge in [-0.2, -0.15) is 8.42 Å². The highest BCUT2D eigenvalue weighted by molar-refractivity contribution is 7.86. The average Bonchev–Trinajstić information content (AvgIpc) is 3.00. The number of para-hydroxylation sites is 1. The molecule has 0 fully saturated rings. The van der Waals surface area contributed by atoms with Crippen molar-refractivity contribution < 1.29 is 18.1 Å². The monoisotopic (exact) mass is 424 g/mol. The lowest BCUT2D eigenvalue weighted by Gasteiger charge is -2.08. The molecular formula is C20H16N4O5S. The van der Waals surface area contributed by atoms with Crippen molar-refractivity contribution in [2.75, 3.05) is 0 Å². The van der Waals surface area contributed by atoms with E-state index in [4.69, 9.17) is 0 Å². The van der Waals surface area contributed by atoms with Crippen LogP contribution in [-0.2, 0) is 10.1 Å². The lowest BCUT2D eigenvalue weighted by molar-refractivity contribution is 0.468. The fourth-order valence-electron chi connectivity index (χ4n) is 3.15. The number of benzene rings is 3. The van der Waals surface area contributed by atoms with Crippen LogP contribution in [-0.4, -0.2) is 27.9 Å². The van der Waals surface area contributed by atoms with Crippen LogP contribution in [0.3, 0.4) is 0 Å². The van der Waals surface area contributed by atoms with Crippen LogP contribution >= 0.6 is 0 Å². The normalized spacial score (nSPS) is 12.1. The van der Waals surface area contributed by atoms with Crippen molar-refractivity contribution >= 4 is 32.3 Å². The van der Waals surface area contributed by atoms with Gasteiger partial charge in [-0.25, -0.2) is 4.68 Å². The second-order valence-electron chi connectivity index (χ2n) is 6.52. The van der Waals surface area contributed by atoms with Gasteiger partial charge in [0.15, 0.2) is 5.69 Å². The quantitative estimate of drug-likeness (QED) is 0.336. The van der Waals surface area contributed by atoms with Gasteiger partial charge in [0, 0.05) is 16.8 Å². The largest absolute Gasteiger partial charge is 0.506 e. The Kier molecular flexibility index (Phi) is 4.72. The number of rotatable bonds is 4. The second kappa shape index (κ2) is 7.25. The molecule has 0 aliphatic rings. The Morgan fingerprint density at radius 1 is 0.933 bits per heavy atom. The van der Waals surface area contributed by atoms with Crippen LogP contribution in [0.25, 0.3) is 16.5 Å². The molecule has 3 N–H and O–H groups in total. The Morgan fingerprint density at radius 2 is 1.53 bits per heavy atom. The number of aromatic hydroxyl groups is 1. The van der Waals surface area contributed by atoms with Crippen molar-refractivity contribution in [3.05, 3.63) is 76.7 Å². The Hall–Kier alpha value is -3.76. The highest BCUT2D eigenvalue weighted by Crippen LogP contribution is 2.39. The third-order valence-electron chi connectivity index (χ3n) is 4.54. The van der Waals surface area contributed by atoms with Crippen LogP contribution in [0.1, 0.15) is 5.69 Å². The number of aryl methyl sites for hydroxylation is 1. The predicted octanol–water partition coefficient (Wildman–Crippen LogP) is 3.99. The molecule has 9 nitrogen and oxygen atoms in total. The number of aromatic nitrogens is 2. The maximum absolute atomic E-state index is 12.7. The summed E-state index contributed by atoms with van der Waals surface area (Å²) in [4.78, 5) is 12.3. The smallest absolute Gasteiger partial charge is 0.299 e. The van der Waals surface area contributed by atoms with E-state index in [1.807, 2.05) is 6.07 Å². The molecule has 30 heavy (non-hydrogen) atoms. The summed E-state index contributed by atoms with van der Waals surface area (Å²) in [5.74, 6) is -0.498. The summed E-state index contributed by atoms with van der Waals surface area (Å²) in [6.45, 7) is 1.66. The minimum Gasteiger partial charge on any atom is -0.506 e. The van der Waals surface area contributed by atoms with E-state index in [0.29, 0.717) is 11.4 Å². The van der Waals surface area contributed by atoms with Gasteiger partial charge in [0.25, 0.3) is 15.7 Å². The van der Waals surface area contributed by atoms with E-state index < -0.39 is 26.3 Å². The maximum Gasteiger partial charge on any atom is 0.299 e. The minimum atomic E-state index is -4.57. The highest BCUT2D eigenvalue weighted by atomic mass is 32.2. The standard InChI is InChI=1S/C20H16N4O5S/c1-12-18(20(26)24(23-12)13-7-3-2-4-8-13)21-22-19-15-10-6-5-9-14(15)17(11-16(19)25)30(27,28)29/h2-11,23,25H,1H3,(H,27,28,29)/b22-21+. The van der Waals surface area contributed by atoms with Crippen LogP contribution in [0, 0.1) is 6.92 Å². The number of azo groups is 1. The molecule has 0 saturated carbocycles. The van der Waals surface area contributed by atoms with E-state index in [9.17, 15) is 22.9 Å². The summed E-state index contributed by atoms with van der Waals surface area (Å²) in [5, 5.41) is 21.7. The summed E-state index contributed by atoms with van der Waals surface area (Å²) in [7, 11) is -4.57. The van der Waals surface area contributed by atoms with Crippen molar-refractivity contribution in [1.82, 2.24) is 9.78 Å². The molecule has 4 rings (SSSR count). The molecule has 152 valence electrons. The number of nitrogens with one attached hydrogen (secondary N) is 1. The SMILES string of the molecule is Cc1[nH]n(-c2ccccc2)c(=O)c1/N=N/c1c(O)cc(S(=O)(=O)O)c2ccccc12. The average molecular weight is 424 g/mol. The molecule has 0 aliphatic carbocycles. The molecule has 1 aromatic heterocycles. The summed E-state index contributed by atoms with van der Waals surface area (Å²) in [5.41, 5.74) is 0.676. The van der Waals surface area contributed by atoms with Gasteiger partial charge in [0.05, 0.1) is 11.4 Å². The number of phenolic OH excluding ortho intramolecular Hbond substituents is 1. The Balaban J connectivity index is 1.86. The maximum atomic E-state index is 12.7. The second-order valence-corrected chi connectivity index (χ2v) is 7.91. The van der Waals surface area contributed by atoms with Crippen LogP contribution in [0.5, 0.6) is 5.75 Å². The Morgan fingerprint density at radius 3 is 2.20 bits per heavy atom.